The van der Waals surface area contributed by atoms with Gasteiger partial charge in [-0.15, -0.1) is 0 Å². The first-order valence-electron chi connectivity index (χ1n) is 5.41. The van der Waals surface area contributed by atoms with Crippen LogP contribution in [0.1, 0.15) is 5.56 Å². The van der Waals surface area contributed by atoms with Crippen molar-refractivity contribution in [2.45, 2.75) is 0 Å². The molecule has 90 valence electrons. The van der Waals surface area contributed by atoms with Gasteiger partial charge in [0, 0.05) is 5.56 Å². The van der Waals surface area contributed by atoms with E-state index >= 15 is 0 Å². The molecule has 0 aromatic heterocycles. The van der Waals surface area contributed by atoms with Crippen LogP contribution >= 0.6 is 0 Å². The van der Waals surface area contributed by atoms with Crippen LogP contribution in [-0.4, -0.2) is 31.9 Å². The number of fused-ring (bicyclic) bond motifs is 1. The van der Waals surface area contributed by atoms with Crippen LogP contribution < -0.4 is 24.0 Å². The van der Waals surface area contributed by atoms with Crippen molar-refractivity contribution < 1.29 is 28.6 Å². The Balaban J connectivity index is 0.00000144. The van der Waals surface area contributed by atoms with E-state index in [1.54, 1.807) is 0 Å². The summed E-state index contributed by atoms with van der Waals surface area (Å²) < 4.78 is 0.587. The van der Waals surface area contributed by atoms with E-state index in [2.05, 4.69) is 47.6 Å². The average Bonchev–Trinajstić information content (AvgIpc) is 2.25. The van der Waals surface area contributed by atoms with E-state index in [0.717, 1.165) is 0 Å². The molecule has 0 saturated heterocycles. The van der Waals surface area contributed by atoms with Gasteiger partial charge in [0.2, 0.25) is 0 Å². The lowest BCUT2D eigenvalue weighted by Crippen LogP contribution is -3.00. The van der Waals surface area contributed by atoms with Crippen LogP contribution in [-0.2, 0) is 0 Å². The highest BCUT2D eigenvalue weighted by molar-refractivity contribution is 5.99. The molecule has 0 amide bonds. The number of hydrogen-bond donors (Lipinski definition) is 0. The normalized spacial score (nSPS) is 11.7. The summed E-state index contributed by atoms with van der Waals surface area (Å²) in [6.45, 7) is 0. The highest BCUT2D eigenvalue weighted by Gasteiger charge is 2.03. The van der Waals surface area contributed by atoms with Crippen molar-refractivity contribution >= 4 is 17.0 Å². The Morgan fingerprint density at radius 3 is 2.29 bits per heavy atom. The lowest BCUT2D eigenvalue weighted by Gasteiger charge is -2.14. The first kappa shape index (κ1) is 14.1. The van der Waals surface area contributed by atoms with Gasteiger partial charge in [0.1, 0.15) is 0 Å². The Morgan fingerprint density at radius 1 is 0.941 bits per heavy atom. The Bertz CT molecular complexity index is 522. The molecule has 0 spiro atoms. The monoisotopic (exact) mass is 340 g/mol. The van der Waals surface area contributed by atoms with E-state index in [1.807, 2.05) is 27.4 Å². The largest absolute Gasteiger partial charge is 1.00 e. The van der Waals surface area contributed by atoms with E-state index in [-0.39, 0.29) is 24.0 Å². The van der Waals surface area contributed by atoms with Crippen molar-refractivity contribution in [3.05, 3.63) is 48.0 Å². The van der Waals surface area contributed by atoms with Gasteiger partial charge < -0.3 is 24.0 Å². The first-order valence-corrected chi connectivity index (χ1v) is 5.41. The Labute approximate surface area is 120 Å². The fourth-order valence-corrected chi connectivity index (χ4v) is 1.60. The lowest BCUT2D eigenvalue weighted by atomic mass is 10.1. The molecular formula is C14H17IN2. The molecule has 2 aromatic carbocycles. The van der Waals surface area contributed by atoms with Crippen molar-refractivity contribution in [1.82, 2.24) is 0 Å². The van der Waals surface area contributed by atoms with Gasteiger partial charge in [-0.1, -0.05) is 47.6 Å². The predicted octanol–water partition coefficient (Wildman–Crippen LogP) is -0.116. The predicted molar refractivity (Wildman–Crippen MR) is 69.6 cm³/mol. The summed E-state index contributed by atoms with van der Waals surface area (Å²) in [6, 6.07) is 14.7. The zero-order valence-corrected chi connectivity index (χ0v) is 12.5. The first-order chi connectivity index (χ1) is 7.56. The second-order valence-electron chi connectivity index (χ2n) is 4.75. The number of quaternary nitrogens is 1. The third-order valence-corrected chi connectivity index (χ3v) is 2.37. The smallest absolute Gasteiger partial charge is 0.0923 e. The average molecular weight is 340 g/mol. The van der Waals surface area contributed by atoms with Crippen LogP contribution in [0.25, 0.3) is 10.8 Å². The quantitative estimate of drug-likeness (QED) is 0.313. The Hall–Kier alpha value is -0.940. The summed E-state index contributed by atoms with van der Waals surface area (Å²) in [5.74, 6) is 0. The fraction of sp³-hybridized carbons (Fsp3) is 0.214. The number of hydrogen-bond acceptors (Lipinski definition) is 1. The maximum absolute atomic E-state index is 4.49. The molecule has 2 aromatic rings. The molecule has 17 heavy (non-hydrogen) atoms. The third-order valence-electron chi connectivity index (χ3n) is 2.37. The topological polar surface area (TPSA) is 12.4 Å². The zero-order valence-electron chi connectivity index (χ0n) is 10.4. The number of nitrogens with zero attached hydrogens (tertiary/aromatic N) is 2. The van der Waals surface area contributed by atoms with Gasteiger partial charge in [-0.05, 0) is 10.8 Å². The molecule has 0 aliphatic rings. The van der Waals surface area contributed by atoms with Gasteiger partial charge in [0.25, 0.3) is 0 Å². The maximum atomic E-state index is 4.49. The van der Waals surface area contributed by atoms with Gasteiger partial charge in [-0.2, -0.15) is 0 Å². The summed E-state index contributed by atoms with van der Waals surface area (Å²) >= 11 is 0. The summed E-state index contributed by atoms with van der Waals surface area (Å²) in [6.07, 6.45) is 1.95. The molecule has 0 fully saturated rings. The molecular weight excluding hydrogens is 323 g/mol. The van der Waals surface area contributed by atoms with Crippen LogP contribution in [0.15, 0.2) is 47.6 Å². The SMILES string of the molecule is C[N+](C)(C)/N=C\c1cccc2ccccc12.[I-]. The third kappa shape index (κ3) is 3.78. The minimum Gasteiger partial charge on any atom is -1.00 e. The van der Waals surface area contributed by atoms with Gasteiger partial charge in [-0.25, -0.2) is 4.59 Å². The number of benzene rings is 2. The highest BCUT2D eigenvalue weighted by Crippen LogP contribution is 2.16. The summed E-state index contributed by atoms with van der Waals surface area (Å²) in [7, 11) is 6.13. The Morgan fingerprint density at radius 2 is 1.59 bits per heavy atom. The van der Waals surface area contributed by atoms with Gasteiger partial charge in [0.15, 0.2) is 0 Å². The van der Waals surface area contributed by atoms with Crippen molar-refractivity contribution in [3.63, 3.8) is 0 Å². The van der Waals surface area contributed by atoms with Crippen molar-refractivity contribution in [2.24, 2.45) is 5.10 Å². The van der Waals surface area contributed by atoms with Gasteiger partial charge >= 0.3 is 0 Å². The molecule has 0 aliphatic carbocycles. The summed E-state index contributed by atoms with van der Waals surface area (Å²) in [5, 5.41) is 7.00. The van der Waals surface area contributed by atoms with Gasteiger partial charge in [-0.3, -0.25) is 0 Å². The minimum atomic E-state index is 0. The second-order valence-corrected chi connectivity index (χ2v) is 4.75. The molecule has 0 aliphatic heterocycles. The van der Waals surface area contributed by atoms with Crippen LogP contribution in [0.2, 0.25) is 0 Å². The molecule has 0 saturated carbocycles. The van der Waals surface area contributed by atoms with Crippen LogP contribution in [0.4, 0.5) is 0 Å². The standard InChI is InChI=1S/C14H17N2.HI/c1-16(2,3)15-11-13-9-6-8-12-7-4-5-10-14(12)13;/h4-11H,1-3H3;1H/q+1;/p-1/b15-11-;. The molecule has 0 bridgehead atoms. The minimum absolute atomic E-state index is 0. The summed E-state index contributed by atoms with van der Waals surface area (Å²) in [4.78, 5) is 0. The molecule has 2 rings (SSSR count). The molecule has 0 atom stereocenters. The molecule has 0 heterocycles. The van der Waals surface area contributed by atoms with E-state index in [1.165, 1.54) is 16.3 Å². The highest BCUT2D eigenvalue weighted by atomic mass is 127. The van der Waals surface area contributed by atoms with E-state index in [9.17, 15) is 0 Å². The zero-order chi connectivity index (χ0) is 11.6. The lowest BCUT2D eigenvalue weighted by molar-refractivity contribution is -0.876. The molecule has 2 nitrogen and oxygen atoms in total. The van der Waals surface area contributed by atoms with Crippen molar-refractivity contribution in [2.75, 3.05) is 21.1 Å². The van der Waals surface area contributed by atoms with Crippen LogP contribution in [0, 0.1) is 0 Å². The molecule has 3 heteroatoms. The number of rotatable bonds is 2. The van der Waals surface area contributed by atoms with Crippen LogP contribution in [0.5, 0.6) is 0 Å². The van der Waals surface area contributed by atoms with E-state index in [4.69, 9.17) is 0 Å². The molecule has 0 N–H and O–H groups in total. The molecule has 0 radical (unpaired) electrons. The van der Waals surface area contributed by atoms with Crippen molar-refractivity contribution in [3.8, 4) is 0 Å². The van der Waals surface area contributed by atoms with Crippen LogP contribution in [0.3, 0.4) is 0 Å². The summed E-state index contributed by atoms with van der Waals surface area (Å²) in [5.41, 5.74) is 1.17. The van der Waals surface area contributed by atoms with Gasteiger partial charge in [0.05, 0.1) is 27.4 Å². The van der Waals surface area contributed by atoms with E-state index < -0.39 is 0 Å². The van der Waals surface area contributed by atoms with E-state index in [0.29, 0.717) is 4.59 Å². The molecule has 0 unspecified atom stereocenters. The number of halogens is 1. The fourth-order valence-electron chi connectivity index (χ4n) is 1.60. The second kappa shape index (κ2) is 5.60. The van der Waals surface area contributed by atoms with Crippen molar-refractivity contribution in [1.29, 1.82) is 0 Å². The maximum Gasteiger partial charge on any atom is 0.0923 e. The Kier molecular flexibility index (Phi) is 4.65.